The number of aryl methyl sites for hydroxylation is 1. The fourth-order valence-electron chi connectivity index (χ4n) is 2.44. The zero-order valence-corrected chi connectivity index (χ0v) is 12.7. The molecule has 0 aliphatic carbocycles. The van der Waals surface area contributed by atoms with Gasteiger partial charge < -0.3 is 10.2 Å². The molecule has 3 rings (SSSR count). The maximum absolute atomic E-state index is 12.1. The van der Waals surface area contributed by atoms with E-state index in [1.165, 1.54) is 0 Å². The number of nitrogens with zero attached hydrogens (tertiary/aromatic N) is 5. The van der Waals surface area contributed by atoms with Crippen molar-refractivity contribution in [1.82, 2.24) is 25.1 Å². The smallest absolute Gasteiger partial charge is 0.320 e. The molecule has 2 aromatic heterocycles. The van der Waals surface area contributed by atoms with Crippen molar-refractivity contribution < 1.29 is 4.79 Å². The third-order valence-electron chi connectivity index (χ3n) is 3.57. The molecule has 8 nitrogen and oxygen atoms in total. The first-order valence-corrected chi connectivity index (χ1v) is 7.20. The number of hydrogen-bond acceptors (Lipinski definition) is 5. The molecule has 0 saturated heterocycles. The van der Waals surface area contributed by atoms with E-state index in [-0.39, 0.29) is 12.1 Å². The average molecular weight is 301 g/mol. The van der Waals surface area contributed by atoms with Crippen LogP contribution in [0.2, 0.25) is 0 Å². The number of amides is 2. The fraction of sp³-hybridized carbons (Fsp3) is 0.429. The minimum Gasteiger partial charge on any atom is -0.363 e. The number of carbonyl (C=O) groups is 1. The van der Waals surface area contributed by atoms with E-state index in [9.17, 15) is 4.79 Å². The van der Waals surface area contributed by atoms with E-state index in [0.29, 0.717) is 12.4 Å². The van der Waals surface area contributed by atoms with Gasteiger partial charge in [-0.25, -0.2) is 19.4 Å². The van der Waals surface area contributed by atoms with E-state index >= 15 is 0 Å². The number of fused-ring (bicyclic) bond motifs is 1. The molecule has 1 aliphatic rings. The number of rotatable bonds is 3. The van der Waals surface area contributed by atoms with Gasteiger partial charge in [0.05, 0.1) is 12.6 Å². The molecule has 2 aromatic rings. The Morgan fingerprint density at radius 3 is 3.09 bits per heavy atom. The van der Waals surface area contributed by atoms with Crippen LogP contribution >= 0.6 is 0 Å². The van der Waals surface area contributed by atoms with Gasteiger partial charge in [-0.15, -0.1) is 0 Å². The van der Waals surface area contributed by atoms with Crippen molar-refractivity contribution in [3.63, 3.8) is 0 Å². The Hall–Kier alpha value is -2.64. The fourth-order valence-corrected chi connectivity index (χ4v) is 2.44. The summed E-state index contributed by atoms with van der Waals surface area (Å²) in [5.74, 6) is 2.29. The van der Waals surface area contributed by atoms with E-state index < -0.39 is 0 Å². The number of hydrogen-bond donors (Lipinski definition) is 2. The molecule has 0 spiro atoms. The Morgan fingerprint density at radius 1 is 1.41 bits per heavy atom. The Kier molecular flexibility index (Phi) is 3.90. The summed E-state index contributed by atoms with van der Waals surface area (Å²) in [6.45, 7) is 0.647. The lowest BCUT2D eigenvalue weighted by molar-refractivity contribution is 0.243. The monoisotopic (exact) mass is 301 g/mol. The summed E-state index contributed by atoms with van der Waals surface area (Å²) >= 11 is 0. The summed E-state index contributed by atoms with van der Waals surface area (Å²) in [5, 5.41) is 9.87. The van der Waals surface area contributed by atoms with Gasteiger partial charge in [0.15, 0.2) is 0 Å². The predicted molar refractivity (Wildman–Crippen MR) is 82.8 cm³/mol. The van der Waals surface area contributed by atoms with Crippen molar-refractivity contribution in [2.24, 2.45) is 0 Å². The molecular formula is C14H19N7O. The Bertz CT molecular complexity index is 667. The Morgan fingerprint density at radius 2 is 2.27 bits per heavy atom. The van der Waals surface area contributed by atoms with Crippen LogP contribution in [0.25, 0.3) is 0 Å². The second-order valence-corrected chi connectivity index (χ2v) is 5.47. The largest absolute Gasteiger partial charge is 0.363 e. The van der Waals surface area contributed by atoms with Crippen LogP contribution in [0.15, 0.2) is 24.5 Å². The van der Waals surface area contributed by atoms with Crippen LogP contribution < -0.4 is 15.5 Å². The van der Waals surface area contributed by atoms with E-state index in [4.69, 9.17) is 0 Å². The molecule has 0 saturated carbocycles. The van der Waals surface area contributed by atoms with Gasteiger partial charge in [0.1, 0.15) is 23.8 Å². The lowest BCUT2D eigenvalue weighted by atomic mass is 10.1. The second-order valence-electron chi connectivity index (χ2n) is 5.47. The van der Waals surface area contributed by atoms with E-state index in [1.54, 1.807) is 12.4 Å². The molecule has 0 bridgehead atoms. The quantitative estimate of drug-likeness (QED) is 0.878. The molecule has 0 aromatic carbocycles. The van der Waals surface area contributed by atoms with Gasteiger partial charge in [-0.05, 0) is 18.6 Å². The summed E-state index contributed by atoms with van der Waals surface area (Å²) in [6.07, 6.45) is 3.23. The topological polar surface area (TPSA) is 88.0 Å². The standard InChI is InChI=1S/C14H19N7O/c1-20(2)13-5-3-4-11(18-13)19-14(22)17-10-6-7-12-15-9-16-21(12)8-10/h3-5,9-10H,6-8H2,1-2H3,(H2,17,18,19,22)/t10-/m0/s1. The second kappa shape index (κ2) is 6.00. The molecule has 2 amide bonds. The van der Waals surface area contributed by atoms with Crippen LogP contribution in [-0.2, 0) is 13.0 Å². The first-order valence-electron chi connectivity index (χ1n) is 7.20. The van der Waals surface area contributed by atoms with E-state index in [1.807, 2.05) is 35.8 Å². The predicted octanol–water partition coefficient (Wildman–Crippen LogP) is 0.876. The minimum absolute atomic E-state index is 0.0474. The lowest BCUT2D eigenvalue weighted by Gasteiger charge is -2.23. The Labute approximate surface area is 128 Å². The molecule has 22 heavy (non-hydrogen) atoms. The highest BCUT2D eigenvalue weighted by Gasteiger charge is 2.21. The number of urea groups is 1. The van der Waals surface area contributed by atoms with Gasteiger partial charge in [0, 0.05) is 20.5 Å². The molecule has 3 heterocycles. The summed E-state index contributed by atoms with van der Waals surface area (Å²) in [7, 11) is 3.81. The zero-order valence-electron chi connectivity index (χ0n) is 12.7. The third-order valence-corrected chi connectivity index (χ3v) is 3.57. The first-order chi connectivity index (χ1) is 10.6. The summed E-state index contributed by atoms with van der Waals surface area (Å²) in [5.41, 5.74) is 0. The van der Waals surface area contributed by atoms with E-state index in [2.05, 4.69) is 25.7 Å². The normalized spacial score (nSPS) is 16.7. The lowest BCUT2D eigenvalue weighted by Crippen LogP contribution is -2.43. The molecule has 1 atom stereocenters. The van der Waals surface area contributed by atoms with Crippen molar-refractivity contribution >= 4 is 17.7 Å². The maximum atomic E-state index is 12.1. The zero-order chi connectivity index (χ0) is 15.5. The molecule has 0 radical (unpaired) electrons. The van der Waals surface area contributed by atoms with Crippen LogP contribution in [-0.4, -0.2) is 45.9 Å². The SMILES string of the molecule is CN(C)c1cccc(NC(=O)N[C@H]2CCc3ncnn3C2)n1. The average Bonchev–Trinajstić information content (AvgIpc) is 2.95. The van der Waals surface area contributed by atoms with Crippen molar-refractivity contribution in [2.75, 3.05) is 24.3 Å². The third kappa shape index (κ3) is 3.16. The molecule has 1 aliphatic heterocycles. The molecule has 0 fully saturated rings. The molecule has 116 valence electrons. The van der Waals surface area contributed by atoms with Crippen LogP contribution in [0, 0.1) is 0 Å². The first kappa shape index (κ1) is 14.3. The molecule has 2 N–H and O–H groups in total. The number of carbonyl (C=O) groups excluding carboxylic acids is 1. The summed E-state index contributed by atoms with van der Waals surface area (Å²) in [4.78, 5) is 22.5. The molecular weight excluding hydrogens is 282 g/mol. The molecule has 0 unspecified atom stereocenters. The maximum Gasteiger partial charge on any atom is 0.320 e. The number of pyridine rings is 1. The van der Waals surface area contributed by atoms with Gasteiger partial charge in [0.2, 0.25) is 0 Å². The van der Waals surface area contributed by atoms with Gasteiger partial charge in [-0.3, -0.25) is 5.32 Å². The van der Waals surface area contributed by atoms with Gasteiger partial charge in [-0.1, -0.05) is 6.07 Å². The van der Waals surface area contributed by atoms with Crippen LogP contribution in [0.3, 0.4) is 0 Å². The van der Waals surface area contributed by atoms with Crippen molar-refractivity contribution in [3.05, 3.63) is 30.4 Å². The summed E-state index contributed by atoms with van der Waals surface area (Å²) in [6, 6.07) is 5.31. The van der Waals surface area contributed by atoms with Crippen molar-refractivity contribution in [2.45, 2.75) is 25.4 Å². The Balaban J connectivity index is 1.58. The van der Waals surface area contributed by atoms with Crippen LogP contribution in [0.5, 0.6) is 0 Å². The van der Waals surface area contributed by atoms with Gasteiger partial charge in [-0.2, -0.15) is 5.10 Å². The number of anilines is 2. The minimum atomic E-state index is -0.253. The van der Waals surface area contributed by atoms with Crippen LogP contribution in [0.4, 0.5) is 16.4 Å². The molecule has 8 heteroatoms. The summed E-state index contributed by atoms with van der Waals surface area (Å²) < 4.78 is 1.83. The highest BCUT2D eigenvalue weighted by molar-refractivity contribution is 5.88. The van der Waals surface area contributed by atoms with Crippen molar-refractivity contribution in [1.29, 1.82) is 0 Å². The van der Waals surface area contributed by atoms with Crippen LogP contribution in [0.1, 0.15) is 12.2 Å². The van der Waals surface area contributed by atoms with E-state index in [0.717, 1.165) is 24.5 Å². The number of aromatic nitrogens is 4. The number of nitrogens with one attached hydrogen (secondary N) is 2. The van der Waals surface area contributed by atoms with Gasteiger partial charge in [0.25, 0.3) is 0 Å². The van der Waals surface area contributed by atoms with Crippen molar-refractivity contribution in [3.8, 4) is 0 Å². The highest BCUT2D eigenvalue weighted by Crippen LogP contribution is 2.13. The van der Waals surface area contributed by atoms with Gasteiger partial charge >= 0.3 is 6.03 Å². The highest BCUT2D eigenvalue weighted by atomic mass is 16.2.